The third-order valence-electron chi connectivity index (χ3n) is 17.9. The highest BCUT2D eigenvalue weighted by Gasteiger charge is 2.30. The van der Waals surface area contributed by atoms with E-state index in [4.69, 9.17) is 37.0 Å². The van der Waals surface area contributed by atoms with Gasteiger partial charge in [0, 0.05) is 25.7 Å². The van der Waals surface area contributed by atoms with Crippen molar-refractivity contribution in [1.82, 2.24) is 0 Å². The lowest BCUT2D eigenvalue weighted by Gasteiger charge is -2.21. The number of aliphatic hydroxyl groups is 1. The van der Waals surface area contributed by atoms with Gasteiger partial charge in [-0.15, -0.1) is 0 Å². The molecule has 0 fully saturated rings. The Morgan fingerprint density at radius 1 is 0.281 bits per heavy atom. The summed E-state index contributed by atoms with van der Waals surface area (Å²) in [5.41, 5.74) is 0. The number of ether oxygens (including phenoxy) is 4. The van der Waals surface area contributed by atoms with Crippen LogP contribution in [0.25, 0.3) is 0 Å². The van der Waals surface area contributed by atoms with Gasteiger partial charge in [-0.25, -0.2) is 9.13 Å². The average Bonchev–Trinajstić information content (AvgIpc) is 1.19. The summed E-state index contributed by atoms with van der Waals surface area (Å²) in [6.07, 6.45) is 54.3. The van der Waals surface area contributed by atoms with E-state index in [1.54, 1.807) is 0 Å². The third-order valence-corrected chi connectivity index (χ3v) is 19.8. The lowest BCUT2D eigenvalue weighted by molar-refractivity contribution is -0.161. The normalized spacial score (nSPS) is 14.1. The molecule has 0 aliphatic carbocycles. The molecule has 570 valence electrons. The first-order valence-electron chi connectivity index (χ1n) is 39.8. The zero-order valence-electron chi connectivity index (χ0n) is 62.8. The number of phosphoric ester groups is 2. The Morgan fingerprint density at radius 3 is 0.708 bits per heavy atom. The molecule has 0 aromatic carbocycles. The van der Waals surface area contributed by atoms with E-state index in [2.05, 4.69) is 48.5 Å². The molecule has 0 heterocycles. The fraction of sp³-hybridized carbons (Fsp3) is 0.948. The van der Waals surface area contributed by atoms with E-state index in [1.807, 2.05) is 0 Å². The highest BCUT2D eigenvalue weighted by atomic mass is 31.2. The summed E-state index contributed by atoms with van der Waals surface area (Å²) in [5, 5.41) is 10.6. The van der Waals surface area contributed by atoms with Crippen molar-refractivity contribution in [3.05, 3.63) is 0 Å². The van der Waals surface area contributed by atoms with Crippen LogP contribution in [-0.2, 0) is 65.4 Å². The summed E-state index contributed by atoms with van der Waals surface area (Å²) in [6, 6.07) is 0. The Morgan fingerprint density at radius 2 is 0.479 bits per heavy atom. The minimum Gasteiger partial charge on any atom is -0.462 e. The van der Waals surface area contributed by atoms with Gasteiger partial charge in [-0.05, 0) is 43.4 Å². The summed E-state index contributed by atoms with van der Waals surface area (Å²) in [5.74, 6) is 0.0866. The van der Waals surface area contributed by atoms with Crippen LogP contribution in [0.3, 0.4) is 0 Å². The van der Waals surface area contributed by atoms with E-state index in [1.165, 1.54) is 205 Å². The van der Waals surface area contributed by atoms with Crippen LogP contribution in [0.4, 0.5) is 0 Å². The molecule has 0 aromatic heterocycles. The molecule has 0 aliphatic heterocycles. The number of hydrogen-bond acceptors (Lipinski definition) is 15. The second-order valence-electron chi connectivity index (χ2n) is 29.2. The van der Waals surface area contributed by atoms with E-state index in [-0.39, 0.29) is 25.7 Å². The number of hydrogen-bond donors (Lipinski definition) is 3. The van der Waals surface area contributed by atoms with Crippen LogP contribution >= 0.6 is 15.6 Å². The maximum absolute atomic E-state index is 13.1. The summed E-state index contributed by atoms with van der Waals surface area (Å²) >= 11 is 0. The Hall–Kier alpha value is -1.94. The van der Waals surface area contributed by atoms with E-state index >= 15 is 0 Å². The molecule has 19 heteroatoms. The Bertz CT molecular complexity index is 1870. The SMILES string of the molecule is CCCCCCCCCCCCCCCCCCCCCCCC(=O)O[C@H](COC(=O)CCCCCCCCCCCC(C)C)COP(=O)(O)OC[C@@H](O)COP(=O)(O)OC[C@@H](COC(=O)CCCCCCCCCCC(C)C)OC(=O)CCCCCCCCCCCC(C)C. The number of unbranched alkanes of at least 4 members (excludes halogenated alkanes) is 43. The van der Waals surface area contributed by atoms with E-state index in [0.29, 0.717) is 25.7 Å². The molecule has 0 radical (unpaired) electrons. The predicted octanol–water partition coefficient (Wildman–Crippen LogP) is 22.6. The molecule has 17 nitrogen and oxygen atoms in total. The second-order valence-corrected chi connectivity index (χ2v) is 32.1. The van der Waals surface area contributed by atoms with Gasteiger partial charge in [0.25, 0.3) is 0 Å². The van der Waals surface area contributed by atoms with Crippen LogP contribution in [0.15, 0.2) is 0 Å². The first-order chi connectivity index (χ1) is 46.2. The molecule has 2 unspecified atom stereocenters. The first kappa shape index (κ1) is 94.1. The van der Waals surface area contributed by atoms with Gasteiger partial charge in [0.05, 0.1) is 26.4 Å². The molecular weight excluding hydrogens is 1260 g/mol. The van der Waals surface area contributed by atoms with Crippen molar-refractivity contribution in [2.24, 2.45) is 17.8 Å². The third kappa shape index (κ3) is 70.5. The molecule has 0 saturated heterocycles. The Labute approximate surface area is 588 Å². The molecule has 5 atom stereocenters. The van der Waals surface area contributed by atoms with Gasteiger partial charge >= 0.3 is 39.5 Å². The number of esters is 4. The van der Waals surface area contributed by atoms with Gasteiger partial charge < -0.3 is 33.8 Å². The minimum absolute atomic E-state index is 0.105. The van der Waals surface area contributed by atoms with Gasteiger partial charge in [-0.3, -0.25) is 37.3 Å². The monoisotopic (exact) mass is 1410 g/mol. The average molecular weight is 1410 g/mol. The molecule has 0 aromatic rings. The van der Waals surface area contributed by atoms with Crippen LogP contribution in [0.1, 0.15) is 395 Å². The number of phosphoric acid groups is 2. The number of rotatable bonds is 75. The van der Waals surface area contributed by atoms with Gasteiger partial charge in [0.1, 0.15) is 19.3 Å². The minimum atomic E-state index is -4.96. The largest absolute Gasteiger partial charge is 0.472 e. The first-order valence-corrected chi connectivity index (χ1v) is 42.8. The highest BCUT2D eigenvalue weighted by Crippen LogP contribution is 2.45. The molecule has 0 rings (SSSR count). The predicted molar refractivity (Wildman–Crippen MR) is 391 cm³/mol. The summed E-state index contributed by atoms with van der Waals surface area (Å²) in [7, 11) is -9.91. The van der Waals surface area contributed by atoms with Crippen molar-refractivity contribution in [3.8, 4) is 0 Å². The van der Waals surface area contributed by atoms with Crippen LogP contribution in [0.2, 0.25) is 0 Å². The number of carbonyl (C=O) groups is 4. The molecule has 0 amide bonds. The van der Waals surface area contributed by atoms with Crippen LogP contribution < -0.4 is 0 Å². The molecule has 3 N–H and O–H groups in total. The zero-order valence-corrected chi connectivity index (χ0v) is 64.6. The van der Waals surface area contributed by atoms with Crippen molar-refractivity contribution in [1.29, 1.82) is 0 Å². The lowest BCUT2D eigenvalue weighted by Crippen LogP contribution is -2.30. The molecular formula is C77H150O17P2. The van der Waals surface area contributed by atoms with Crippen LogP contribution in [0.5, 0.6) is 0 Å². The van der Waals surface area contributed by atoms with Gasteiger partial charge in [-0.1, -0.05) is 344 Å². The number of carbonyl (C=O) groups excluding carboxylic acids is 4. The van der Waals surface area contributed by atoms with Crippen molar-refractivity contribution in [3.63, 3.8) is 0 Å². The van der Waals surface area contributed by atoms with E-state index < -0.39 is 97.5 Å². The zero-order chi connectivity index (χ0) is 70.9. The summed E-state index contributed by atoms with van der Waals surface area (Å²) in [4.78, 5) is 72.8. The van der Waals surface area contributed by atoms with E-state index in [0.717, 1.165) is 108 Å². The summed E-state index contributed by atoms with van der Waals surface area (Å²) in [6.45, 7) is 11.8. The van der Waals surface area contributed by atoms with Crippen molar-refractivity contribution in [2.45, 2.75) is 414 Å². The maximum atomic E-state index is 13.1. The van der Waals surface area contributed by atoms with Crippen molar-refractivity contribution < 1.29 is 80.2 Å². The Kier molecular flexibility index (Phi) is 66.2. The molecule has 96 heavy (non-hydrogen) atoms. The fourth-order valence-corrected chi connectivity index (χ4v) is 13.4. The van der Waals surface area contributed by atoms with Crippen LogP contribution in [0, 0.1) is 17.8 Å². The highest BCUT2D eigenvalue weighted by molar-refractivity contribution is 7.47. The quantitative estimate of drug-likeness (QED) is 0.0222. The molecule has 0 saturated carbocycles. The van der Waals surface area contributed by atoms with Gasteiger partial charge in [-0.2, -0.15) is 0 Å². The van der Waals surface area contributed by atoms with Gasteiger partial charge in [0.15, 0.2) is 12.2 Å². The van der Waals surface area contributed by atoms with Crippen molar-refractivity contribution >= 4 is 39.5 Å². The van der Waals surface area contributed by atoms with Gasteiger partial charge in [0.2, 0.25) is 0 Å². The fourth-order valence-electron chi connectivity index (χ4n) is 11.8. The number of aliphatic hydroxyl groups excluding tert-OH is 1. The standard InChI is InChI=1S/C77H150O17P2/c1-8-9-10-11-12-13-14-15-16-17-18-19-20-21-22-23-24-29-39-46-53-60-76(81)93-72(64-87-74(79)58-51-44-37-30-25-27-34-41-48-55-68(2)3)66-91-95(83,84)89-62-71(78)63-90-96(85,86)92-67-73(65-88-75(80)59-52-45-38-33-32-36-43-50-57-70(6)7)94-77(82)61-54-47-40-31-26-28-35-42-49-56-69(4)5/h68-73,78H,8-67H2,1-7H3,(H,83,84)(H,85,86)/t71-,72-,73-/m1/s1. The lowest BCUT2D eigenvalue weighted by atomic mass is 10.0. The summed E-state index contributed by atoms with van der Waals surface area (Å²) < 4.78 is 68.5. The second kappa shape index (κ2) is 67.5. The smallest absolute Gasteiger partial charge is 0.462 e. The maximum Gasteiger partial charge on any atom is 0.472 e. The van der Waals surface area contributed by atoms with Crippen LogP contribution in [-0.4, -0.2) is 96.7 Å². The molecule has 0 bridgehead atoms. The topological polar surface area (TPSA) is 237 Å². The van der Waals surface area contributed by atoms with Crippen molar-refractivity contribution in [2.75, 3.05) is 39.6 Å². The molecule has 0 aliphatic rings. The molecule has 0 spiro atoms. The van der Waals surface area contributed by atoms with E-state index in [9.17, 15) is 43.2 Å². The Balaban J connectivity index is 5.20.